The molecule has 136 valence electrons. The van der Waals surface area contributed by atoms with Crippen LogP contribution in [0.3, 0.4) is 0 Å². The second kappa shape index (κ2) is 7.42. The zero-order valence-corrected chi connectivity index (χ0v) is 15.2. The number of hydrogen-bond acceptors (Lipinski definition) is 4. The van der Waals surface area contributed by atoms with Gasteiger partial charge in [0.15, 0.2) is 5.11 Å². The van der Waals surface area contributed by atoms with Crippen molar-refractivity contribution < 1.29 is 19.4 Å². The maximum absolute atomic E-state index is 11.6. The van der Waals surface area contributed by atoms with Crippen LogP contribution in [-0.4, -0.2) is 76.1 Å². The number of alkyl carbamates (subject to hydrolysis) is 1. The van der Waals surface area contributed by atoms with E-state index in [0.717, 1.165) is 12.8 Å². The minimum absolute atomic E-state index is 0.138. The Morgan fingerprint density at radius 3 is 2.21 bits per heavy atom. The molecule has 0 aliphatic carbocycles. The van der Waals surface area contributed by atoms with E-state index in [0.29, 0.717) is 31.3 Å². The van der Waals surface area contributed by atoms with Crippen LogP contribution in [0.1, 0.15) is 33.6 Å². The molecule has 2 amide bonds. The van der Waals surface area contributed by atoms with Crippen LogP contribution < -0.4 is 10.6 Å². The maximum Gasteiger partial charge on any atom is 0.407 e. The molecule has 2 bridgehead atoms. The van der Waals surface area contributed by atoms with Crippen molar-refractivity contribution in [3.63, 3.8) is 0 Å². The first-order chi connectivity index (χ1) is 11.2. The van der Waals surface area contributed by atoms with Gasteiger partial charge in [-0.15, -0.1) is 0 Å². The second-order valence-electron chi connectivity index (χ2n) is 7.14. The Labute approximate surface area is 147 Å². The molecule has 2 unspecified atom stereocenters. The van der Waals surface area contributed by atoms with E-state index < -0.39 is 17.8 Å². The fourth-order valence-corrected chi connectivity index (χ4v) is 3.53. The molecule has 2 aliphatic heterocycles. The molecule has 0 aromatic carbocycles. The molecule has 0 radical (unpaired) electrons. The van der Waals surface area contributed by atoms with Crippen molar-refractivity contribution in [2.24, 2.45) is 0 Å². The van der Waals surface area contributed by atoms with E-state index in [1.54, 1.807) is 0 Å². The molecule has 8 nitrogen and oxygen atoms in total. The number of carbonyl (C=O) groups is 2. The van der Waals surface area contributed by atoms with Crippen LogP contribution in [0.5, 0.6) is 0 Å². The van der Waals surface area contributed by atoms with Crippen LogP contribution in [-0.2, 0) is 4.74 Å². The van der Waals surface area contributed by atoms with Crippen LogP contribution >= 0.6 is 12.2 Å². The van der Waals surface area contributed by atoms with E-state index in [9.17, 15) is 9.59 Å². The van der Waals surface area contributed by atoms with Crippen molar-refractivity contribution in [1.82, 2.24) is 20.4 Å². The Morgan fingerprint density at radius 2 is 1.71 bits per heavy atom. The molecule has 0 aromatic rings. The van der Waals surface area contributed by atoms with Gasteiger partial charge in [0.1, 0.15) is 5.60 Å². The molecule has 0 saturated carbocycles. The molecule has 2 saturated heterocycles. The molecule has 2 fully saturated rings. The Bertz CT molecular complexity index is 494. The van der Waals surface area contributed by atoms with Crippen LogP contribution in [0.25, 0.3) is 0 Å². The lowest BCUT2D eigenvalue weighted by Crippen LogP contribution is -2.59. The Hall–Kier alpha value is -1.77. The Kier molecular flexibility index (Phi) is 5.74. The molecule has 2 rings (SSSR count). The minimum atomic E-state index is -0.869. The van der Waals surface area contributed by atoms with E-state index in [4.69, 9.17) is 22.1 Å². The molecule has 3 N–H and O–H groups in total. The lowest BCUT2D eigenvalue weighted by molar-refractivity contribution is 0.0528. The second-order valence-corrected chi connectivity index (χ2v) is 7.53. The first kappa shape index (κ1) is 18.6. The van der Waals surface area contributed by atoms with Crippen LogP contribution in [0.4, 0.5) is 9.59 Å². The predicted molar refractivity (Wildman–Crippen MR) is 93.1 cm³/mol. The number of carbonyl (C=O) groups excluding carboxylic acids is 1. The summed E-state index contributed by atoms with van der Waals surface area (Å²) in [6.07, 6.45) is 0.580. The van der Waals surface area contributed by atoms with Gasteiger partial charge in [0, 0.05) is 38.3 Å². The van der Waals surface area contributed by atoms with Gasteiger partial charge in [-0.3, -0.25) is 0 Å². The third-order valence-electron chi connectivity index (χ3n) is 4.06. The number of rotatable bonds is 3. The van der Waals surface area contributed by atoms with Crippen LogP contribution in [0, 0.1) is 0 Å². The fraction of sp³-hybridized carbons (Fsp3) is 0.800. The molecule has 0 aromatic heterocycles. The van der Waals surface area contributed by atoms with Gasteiger partial charge in [-0.1, -0.05) is 0 Å². The highest BCUT2D eigenvalue weighted by atomic mass is 32.1. The summed E-state index contributed by atoms with van der Waals surface area (Å²) < 4.78 is 5.16. The number of nitrogens with zero attached hydrogens (tertiary/aromatic N) is 2. The molecule has 0 spiro atoms. The van der Waals surface area contributed by atoms with Gasteiger partial charge >= 0.3 is 12.2 Å². The first-order valence-electron chi connectivity index (χ1n) is 8.18. The van der Waals surface area contributed by atoms with Gasteiger partial charge < -0.3 is 30.3 Å². The van der Waals surface area contributed by atoms with E-state index >= 15 is 0 Å². The third kappa shape index (κ3) is 4.86. The molecular weight excluding hydrogens is 332 g/mol. The van der Waals surface area contributed by atoms with E-state index in [2.05, 4.69) is 15.5 Å². The van der Waals surface area contributed by atoms with Gasteiger partial charge in [-0.2, -0.15) is 0 Å². The summed E-state index contributed by atoms with van der Waals surface area (Å²) in [5.41, 5.74) is -0.518. The zero-order chi connectivity index (χ0) is 17.9. The monoisotopic (exact) mass is 358 g/mol. The fourth-order valence-electron chi connectivity index (χ4n) is 3.13. The number of likely N-dealkylation sites (tertiary alicyclic amines) is 1. The average molecular weight is 358 g/mol. The maximum atomic E-state index is 11.6. The van der Waals surface area contributed by atoms with Gasteiger partial charge in [-0.25, -0.2) is 9.59 Å². The zero-order valence-electron chi connectivity index (χ0n) is 14.4. The molecule has 2 heterocycles. The third-order valence-corrected chi connectivity index (χ3v) is 4.41. The molecule has 2 aliphatic rings. The summed E-state index contributed by atoms with van der Waals surface area (Å²) in [5, 5.41) is 15.6. The summed E-state index contributed by atoms with van der Waals surface area (Å²) in [6, 6.07) is 0.275. The van der Waals surface area contributed by atoms with Crippen molar-refractivity contribution in [2.45, 2.75) is 51.3 Å². The summed E-state index contributed by atoms with van der Waals surface area (Å²) in [5.74, 6) is 0. The van der Waals surface area contributed by atoms with Crippen LogP contribution in [0.15, 0.2) is 0 Å². The van der Waals surface area contributed by atoms with Crippen molar-refractivity contribution >= 4 is 29.5 Å². The summed E-state index contributed by atoms with van der Waals surface area (Å²) >= 11 is 5.44. The number of piperazine rings is 1. The number of carboxylic acid groups (broad SMARTS) is 1. The Morgan fingerprint density at radius 1 is 1.17 bits per heavy atom. The molecule has 9 heteroatoms. The lowest BCUT2D eigenvalue weighted by atomic mass is 10.2. The number of hydrogen-bond donors (Lipinski definition) is 3. The molecular formula is C15H26N4O4S. The number of nitrogens with one attached hydrogen (secondary N) is 2. The number of amides is 2. The normalized spacial score (nSPS) is 23.0. The van der Waals surface area contributed by atoms with Crippen molar-refractivity contribution in [3.05, 3.63) is 0 Å². The summed E-state index contributed by atoms with van der Waals surface area (Å²) in [7, 11) is 0. The first-order valence-corrected chi connectivity index (χ1v) is 8.59. The molecule has 2 atom stereocenters. The topological polar surface area (TPSA) is 94.1 Å². The van der Waals surface area contributed by atoms with E-state index in [1.807, 2.05) is 20.8 Å². The predicted octanol–water partition coefficient (Wildman–Crippen LogP) is 1.21. The standard InChI is InChI=1S/C15H26N4O4S/c1-15(2,3)23-13(20)17-7-6-16-12(24)19-10-4-5-11(19)9-18(8-10)14(21)22/h10-11H,4-9H2,1-3H3,(H,16,24)(H,17,20)(H,21,22). The van der Waals surface area contributed by atoms with E-state index in [-0.39, 0.29) is 12.1 Å². The van der Waals surface area contributed by atoms with Crippen molar-refractivity contribution in [3.8, 4) is 0 Å². The summed E-state index contributed by atoms with van der Waals surface area (Å²) in [4.78, 5) is 26.3. The molecule has 24 heavy (non-hydrogen) atoms. The van der Waals surface area contributed by atoms with Crippen molar-refractivity contribution in [2.75, 3.05) is 26.2 Å². The number of fused-ring (bicyclic) bond motifs is 2. The minimum Gasteiger partial charge on any atom is -0.465 e. The largest absolute Gasteiger partial charge is 0.465 e. The number of ether oxygens (including phenoxy) is 1. The van der Waals surface area contributed by atoms with Gasteiger partial charge in [0.05, 0.1) is 0 Å². The van der Waals surface area contributed by atoms with E-state index in [1.165, 1.54) is 4.90 Å². The van der Waals surface area contributed by atoms with Crippen LogP contribution in [0.2, 0.25) is 0 Å². The highest BCUT2D eigenvalue weighted by molar-refractivity contribution is 7.80. The highest BCUT2D eigenvalue weighted by Crippen LogP contribution is 2.30. The highest BCUT2D eigenvalue weighted by Gasteiger charge is 2.42. The Balaban J connectivity index is 1.72. The number of thiocarbonyl (C=S) groups is 1. The SMILES string of the molecule is CC(C)(C)OC(=O)NCCNC(=S)N1C2CCC1CN(C(=O)O)C2. The van der Waals surface area contributed by atoms with Crippen molar-refractivity contribution in [1.29, 1.82) is 0 Å². The van der Waals surface area contributed by atoms with Gasteiger partial charge in [0.2, 0.25) is 0 Å². The average Bonchev–Trinajstić information content (AvgIpc) is 2.71. The summed E-state index contributed by atoms with van der Waals surface area (Å²) in [6.45, 7) is 7.31. The smallest absolute Gasteiger partial charge is 0.407 e. The quantitative estimate of drug-likeness (QED) is 0.516. The van der Waals surface area contributed by atoms with Gasteiger partial charge in [0.25, 0.3) is 0 Å². The lowest BCUT2D eigenvalue weighted by Gasteiger charge is -2.41. The van der Waals surface area contributed by atoms with Gasteiger partial charge in [-0.05, 0) is 45.8 Å².